The maximum absolute atomic E-state index is 12.1. The predicted octanol–water partition coefficient (Wildman–Crippen LogP) is 2.38. The van der Waals surface area contributed by atoms with E-state index in [1.54, 1.807) is 6.07 Å². The number of rotatable bonds is 7. The van der Waals surface area contributed by atoms with Crippen molar-refractivity contribution in [2.45, 2.75) is 11.6 Å². The van der Waals surface area contributed by atoms with Crippen LogP contribution in [0.2, 0.25) is 0 Å². The number of nitro benzene ring substituents is 1. The van der Waals surface area contributed by atoms with Crippen molar-refractivity contribution >= 4 is 29.0 Å². The molecule has 2 heterocycles. The zero-order chi connectivity index (χ0) is 19.4. The number of carbonyl (C=O) groups excluding carboxylic acids is 1. The van der Waals surface area contributed by atoms with Gasteiger partial charge in [-0.05, 0) is 18.2 Å². The van der Waals surface area contributed by atoms with Crippen LogP contribution < -0.4 is 5.32 Å². The largest absolute Gasteiger partial charge is 0.354 e. The number of nitro groups is 1. The smallest absolute Gasteiger partial charge is 0.271 e. The lowest BCUT2D eigenvalue weighted by atomic mass is 10.3. The summed E-state index contributed by atoms with van der Waals surface area (Å²) in [6.07, 6.45) is 2.62. The van der Waals surface area contributed by atoms with Crippen molar-refractivity contribution in [3.63, 3.8) is 0 Å². The lowest BCUT2D eigenvalue weighted by Gasteiger charge is -2.06. The lowest BCUT2D eigenvalue weighted by molar-refractivity contribution is -0.384. The lowest BCUT2D eigenvalue weighted by Crippen LogP contribution is -2.14. The van der Waals surface area contributed by atoms with Gasteiger partial charge < -0.3 is 14.5 Å². The molecule has 0 radical (unpaired) electrons. The summed E-state index contributed by atoms with van der Waals surface area (Å²) in [5.74, 6) is 0.657. The van der Waals surface area contributed by atoms with Gasteiger partial charge in [0.05, 0.1) is 10.7 Å². The Labute approximate surface area is 159 Å². The number of benzene rings is 1. The number of nitrogens with zero attached hydrogens (tertiary/aromatic N) is 5. The summed E-state index contributed by atoms with van der Waals surface area (Å²) in [7, 11) is 3.83. The Morgan fingerprint density at radius 1 is 1.26 bits per heavy atom. The Morgan fingerprint density at radius 2 is 2.07 bits per heavy atom. The molecule has 1 aromatic carbocycles. The number of carbonyl (C=O) groups is 1. The van der Waals surface area contributed by atoms with E-state index >= 15 is 0 Å². The number of thioether (sulfide) groups is 1. The molecule has 3 aromatic rings. The number of anilines is 1. The van der Waals surface area contributed by atoms with Gasteiger partial charge in [0.2, 0.25) is 5.91 Å². The molecule has 10 heteroatoms. The number of hydrogen-bond donors (Lipinski definition) is 1. The molecule has 140 valence electrons. The van der Waals surface area contributed by atoms with Crippen molar-refractivity contribution in [3.8, 4) is 0 Å². The van der Waals surface area contributed by atoms with Crippen molar-refractivity contribution in [2.75, 3.05) is 11.1 Å². The Kier molecular flexibility index (Phi) is 5.55. The molecule has 1 N–H and O–H groups in total. The highest BCUT2D eigenvalue weighted by Crippen LogP contribution is 2.20. The molecule has 0 bridgehead atoms. The van der Waals surface area contributed by atoms with E-state index in [9.17, 15) is 14.9 Å². The van der Waals surface area contributed by atoms with E-state index in [-0.39, 0.29) is 17.3 Å². The molecule has 0 spiro atoms. The van der Waals surface area contributed by atoms with Gasteiger partial charge in [0.25, 0.3) is 5.69 Å². The van der Waals surface area contributed by atoms with E-state index in [2.05, 4.69) is 15.5 Å². The van der Waals surface area contributed by atoms with Gasteiger partial charge in [-0.15, -0.1) is 10.2 Å². The summed E-state index contributed by atoms with van der Waals surface area (Å²) in [5, 5.41) is 22.4. The van der Waals surface area contributed by atoms with Gasteiger partial charge in [0, 0.05) is 50.2 Å². The van der Waals surface area contributed by atoms with Gasteiger partial charge in [-0.3, -0.25) is 14.9 Å². The summed E-state index contributed by atoms with van der Waals surface area (Å²) in [5.41, 5.74) is 1.43. The molecule has 0 fully saturated rings. The topological polar surface area (TPSA) is 108 Å². The average molecular weight is 386 g/mol. The fourth-order valence-corrected chi connectivity index (χ4v) is 3.22. The molecule has 0 unspecified atom stereocenters. The number of aromatic nitrogens is 4. The van der Waals surface area contributed by atoms with Gasteiger partial charge in [-0.25, -0.2) is 0 Å². The molecule has 0 saturated carbocycles. The van der Waals surface area contributed by atoms with Gasteiger partial charge >= 0.3 is 0 Å². The standard InChI is InChI=1S/C17H18N6O3S/c1-21-8-4-7-13(21)10-15-19-20-17(22(15)2)27-11-16(24)18-12-5-3-6-14(9-12)23(25)26/h3-9H,10-11H2,1-2H3,(H,18,24). The third-order valence-electron chi connectivity index (χ3n) is 3.99. The Hall–Kier alpha value is -3.14. The molecule has 0 aliphatic rings. The number of hydrogen-bond acceptors (Lipinski definition) is 6. The Balaban J connectivity index is 1.58. The molecule has 2 aromatic heterocycles. The quantitative estimate of drug-likeness (QED) is 0.379. The average Bonchev–Trinajstić information content (AvgIpc) is 3.20. The normalized spacial score (nSPS) is 10.7. The third-order valence-corrected chi connectivity index (χ3v) is 5.01. The van der Waals surface area contributed by atoms with Crippen LogP contribution in [0, 0.1) is 10.1 Å². The molecule has 0 aliphatic heterocycles. The van der Waals surface area contributed by atoms with Crippen molar-refractivity contribution in [1.82, 2.24) is 19.3 Å². The van der Waals surface area contributed by atoms with Crippen molar-refractivity contribution < 1.29 is 9.72 Å². The van der Waals surface area contributed by atoms with Crippen LogP contribution in [0.5, 0.6) is 0 Å². The van der Waals surface area contributed by atoms with Crippen LogP contribution in [0.25, 0.3) is 0 Å². The first-order valence-corrected chi connectivity index (χ1v) is 9.08. The first-order valence-electron chi connectivity index (χ1n) is 8.09. The molecular formula is C17H18N6O3S. The maximum atomic E-state index is 12.1. The first kappa shape index (κ1) is 18.6. The molecule has 0 aliphatic carbocycles. The Morgan fingerprint density at radius 3 is 2.78 bits per heavy atom. The summed E-state index contributed by atoms with van der Waals surface area (Å²) < 4.78 is 3.88. The van der Waals surface area contributed by atoms with Gasteiger partial charge in [-0.2, -0.15) is 0 Å². The number of non-ortho nitro benzene ring substituents is 1. The minimum Gasteiger partial charge on any atom is -0.354 e. The SMILES string of the molecule is Cn1cccc1Cc1nnc(SCC(=O)Nc2cccc([N+](=O)[O-])c2)n1C. The second kappa shape index (κ2) is 8.04. The van der Waals surface area contributed by atoms with Gasteiger partial charge in [0.15, 0.2) is 5.16 Å². The van der Waals surface area contributed by atoms with E-state index in [4.69, 9.17) is 0 Å². The zero-order valence-corrected chi connectivity index (χ0v) is 15.6. The highest BCUT2D eigenvalue weighted by Gasteiger charge is 2.14. The summed E-state index contributed by atoms with van der Waals surface area (Å²) in [6, 6.07) is 9.82. The zero-order valence-electron chi connectivity index (χ0n) is 14.8. The molecule has 3 rings (SSSR count). The van der Waals surface area contributed by atoms with Crippen LogP contribution in [0.15, 0.2) is 47.8 Å². The van der Waals surface area contributed by atoms with E-state index in [0.29, 0.717) is 17.3 Å². The molecular weight excluding hydrogens is 368 g/mol. The molecule has 0 saturated heterocycles. The van der Waals surface area contributed by atoms with Crippen LogP contribution in [0.4, 0.5) is 11.4 Å². The minimum absolute atomic E-state index is 0.0703. The summed E-state index contributed by atoms with van der Waals surface area (Å²) in [6.45, 7) is 0. The summed E-state index contributed by atoms with van der Waals surface area (Å²) >= 11 is 1.26. The van der Waals surface area contributed by atoms with E-state index in [0.717, 1.165) is 11.5 Å². The monoisotopic (exact) mass is 386 g/mol. The molecule has 9 nitrogen and oxygen atoms in total. The Bertz CT molecular complexity index is 981. The van der Waals surface area contributed by atoms with Crippen LogP contribution in [-0.2, 0) is 25.3 Å². The number of nitrogens with one attached hydrogen (secondary N) is 1. The van der Waals surface area contributed by atoms with E-state index in [1.165, 1.54) is 30.0 Å². The van der Waals surface area contributed by atoms with E-state index < -0.39 is 4.92 Å². The minimum atomic E-state index is -0.502. The van der Waals surface area contributed by atoms with Crippen LogP contribution >= 0.6 is 11.8 Å². The highest BCUT2D eigenvalue weighted by atomic mass is 32.2. The second-order valence-electron chi connectivity index (χ2n) is 5.89. The van der Waals surface area contributed by atoms with Crippen LogP contribution in [-0.4, -0.2) is 35.9 Å². The molecule has 27 heavy (non-hydrogen) atoms. The molecule has 0 atom stereocenters. The highest BCUT2D eigenvalue weighted by molar-refractivity contribution is 7.99. The fraction of sp³-hybridized carbons (Fsp3) is 0.235. The van der Waals surface area contributed by atoms with Crippen molar-refractivity contribution in [1.29, 1.82) is 0 Å². The van der Waals surface area contributed by atoms with Crippen LogP contribution in [0.3, 0.4) is 0 Å². The van der Waals surface area contributed by atoms with Gasteiger partial charge in [-0.1, -0.05) is 17.8 Å². The second-order valence-corrected chi connectivity index (χ2v) is 6.83. The van der Waals surface area contributed by atoms with Crippen molar-refractivity contribution in [2.24, 2.45) is 14.1 Å². The van der Waals surface area contributed by atoms with E-state index in [1.807, 2.05) is 41.6 Å². The fourth-order valence-electron chi connectivity index (χ4n) is 2.49. The van der Waals surface area contributed by atoms with Crippen molar-refractivity contribution in [3.05, 3.63) is 64.2 Å². The summed E-state index contributed by atoms with van der Waals surface area (Å²) in [4.78, 5) is 22.4. The first-order chi connectivity index (χ1) is 12.9. The predicted molar refractivity (Wildman–Crippen MR) is 102 cm³/mol. The number of aryl methyl sites for hydroxylation is 1. The number of amides is 1. The van der Waals surface area contributed by atoms with Gasteiger partial charge in [0.1, 0.15) is 5.82 Å². The molecule has 1 amide bonds. The van der Waals surface area contributed by atoms with Crippen LogP contribution in [0.1, 0.15) is 11.5 Å². The maximum Gasteiger partial charge on any atom is 0.271 e. The third kappa shape index (κ3) is 4.53.